The van der Waals surface area contributed by atoms with Gasteiger partial charge in [-0.3, -0.25) is 4.79 Å². The number of hydrogen-bond donors (Lipinski definition) is 2. The monoisotopic (exact) mass is 377 g/mol. The van der Waals surface area contributed by atoms with Crippen molar-refractivity contribution >= 4 is 11.9 Å². The summed E-state index contributed by atoms with van der Waals surface area (Å²) >= 11 is 0. The van der Waals surface area contributed by atoms with Gasteiger partial charge in [-0.15, -0.1) is 0 Å². The van der Waals surface area contributed by atoms with E-state index >= 15 is 0 Å². The van der Waals surface area contributed by atoms with Gasteiger partial charge in [0.1, 0.15) is 0 Å². The fourth-order valence-corrected chi connectivity index (χ4v) is 3.46. The van der Waals surface area contributed by atoms with E-state index in [0.717, 1.165) is 29.5 Å². The number of carbonyl (C=O) groups is 2. The highest BCUT2D eigenvalue weighted by atomic mass is 16.5. The van der Waals surface area contributed by atoms with Crippen molar-refractivity contribution in [2.75, 3.05) is 0 Å². The lowest BCUT2D eigenvalue weighted by Crippen LogP contribution is -2.27. The minimum absolute atomic E-state index is 0.0932. The van der Waals surface area contributed by atoms with Gasteiger partial charge in [-0.25, -0.2) is 4.79 Å². The van der Waals surface area contributed by atoms with E-state index in [2.05, 4.69) is 15.5 Å². The van der Waals surface area contributed by atoms with Crippen molar-refractivity contribution in [2.24, 2.45) is 0 Å². The molecule has 1 aliphatic carbocycles. The number of hydrogen-bond acceptors (Lipinski definition) is 5. The lowest BCUT2D eigenvalue weighted by atomic mass is 10.0. The molecule has 0 radical (unpaired) electrons. The fourth-order valence-electron chi connectivity index (χ4n) is 3.46. The van der Waals surface area contributed by atoms with E-state index in [0.29, 0.717) is 23.7 Å². The van der Waals surface area contributed by atoms with Crippen LogP contribution in [0.15, 0.2) is 47.0 Å². The Morgan fingerprint density at radius 3 is 2.79 bits per heavy atom. The van der Waals surface area contributed by atoms with Crippen LogP contribution in [0, 0.1) is 0 Å². The standard InChI is InChI=1S/C21H19N3O4/c1-2-18-23-19(24-28-18)13-6-8-16-12(10-13)7-9-17(16)22-20(25)14-4-3-5-15(11-14)21(26)27/h3-6,8,10-11,17H,2,7,9H2,1H3,(H,22,25)(H,26,27)/t17-/m1/s1. The SMILES string of the molecule is CCc1nc(-c2ccc3c(c2)CC[C@H]3NC(=O)c2cccc(C(=O)O)c2)no1. The molecule has 1 aliphatic rings. The molecule has 0 saturated heterocycles. The molecular weight excluding hydrogens is 358 g/mol. The molecule has 0 fully saturated rings. The van der Waals surface area contributed by atoms with Gasteiger partial charge in [0.2, 0.25) is 11.7 Å². The number of aryl methyl sites for hydroxylation is 2. The average Bonchev–Trinajstić information content (AvgIpc) is 3.35. The van der Waals surface area contributed by atoms with Gasteiger partial charge >= 0.3 is 5.97 Å². The van der Waals surface area contributed by atoms with Crippen LogP contribution in [-0.4, -0.2) is 27.1 Å². The average molecular weight is 377 g/mol. The highest BCUT2D eigenvalue weighted by Gasteiger charge is 2.25. The summed E-state index contributed by atoms with van der Waals surface area (Å²) in [6, 6.07) is 11.9. The first-order chi connectivity index (χ1) is 13.5. The van der Waals surface area contributed by atoms with Gasteiger partial charge in [0.25, 0.3) is 5.91 Å². The van der Waals surface area contributed by atoms with Crippen LogP contribution in [0.4, 0.5) is 0 Å². The molecule has 0 bridgehead atoms. The zero-order chi connectivity index (χ0) is 19.7. The van der Waals surface area contributed by atoms with E-state index in [1.807, 2.05) is 25.1 Å². The summed E-state index contributed by atoms with van der Waals surface area (Å²) in [6.07, 6.45) is 2.31. The lowest BCUT2D eigenvalue weighted by Gasteiger charge is -2.14. The largest absolute Gasteiger partial charge is 0.478 e. The third-order valence-corrected chi connectivity index (χ3v) is 4.93. The number of carboxylic acids is 1. The molecule has 7 nitrogen and oxygen atoms in total. The molecule has 3 aromatic rings. The first-order valence-corrected chi connectivity index (χ1v) is 9.15. The Bertz CT molecular complexity index is 1060. The van der Waals surface area contributed by atoms with Crippen molar-refractivity contribution in [1.82, 2.24) is 15.5 Å². The van der Waals surface area contributed by atoms with Crippen molar-refractivity contribution in [3.05, 3.63) is 70.6 Å². The molecule has 28 heavy (non-hydrogen) atoms. The van der Waals surface area contributed by atoms with E-state index in [1.165, 1.54) is 12.1 Å². The zero-order valence-corrected chi connectivity index (χ0v) is 15.3. The molecule has 1 atom stereocenters. The highest BCUT2D eigenvalue weighted by Crippen LogP contribution is 2.34. The second kappa shape index (κ2) is 7.26. The van der Waals surface area contributed by atoms with Crippen molar-refractivity contribution in [2.45, 2.75) is 32.2 Å². The number of aromatic carboxylic acids is 1. The van der Waals surface area contributed by atoms with E-state index in [4.69, 9.17) is 9.63 Å². The maximum atomic E-state index is 12.6. The molecule has 0 aliphatic heterocycles. The Morgan fingerprint density at radius 2 is 2.04 bits per heavy atom. The lowest BCUT2D eigenvalue weighted by molar-refractivity contribution is 0.0697. The minimum Gasteiger partial charge on any atom is -0.478 e. The van der Waals surface area contributed by atoms with Gasteiger partial charge < -0.3 is 14.9 Å². The molecule has 0 unspecified atom stereocenters. The number of amides is 1. The number of rotatable bonds is 5. The van der Waals surface area contributed by atoms with Crippen molar-refractivity contribution < 1.29 is 19.2 Å². The van der Waals surface area contributed by atoms with E-state index < -0.39 is 5.97 Å². The van der Waals surface area contributed by atoms with Crippen molar-refractivity contribution in [3.8, 4) is 11.4 Å². The summed E-state index contributed by atoms with van der Waals surface area (Å²) in [6.45, 7) is 1.96. The van der Waals surface area contributed by atoms with Crippen LogP contribution >= 0.6 is 0 Å². The summed E-state index contributed by atoms with van der Waals surface area (Å²) in [5.41, 5.74) is 3.53. The van der Waals surface area contributed by atoms with Gasteiger partial charge in [0.05, 0.1) is 11.6 Å². The van der Waals surface area contributed by atoms with Gasteiger partial charge in [0, 0.05) is 17.5 Å². The Morgan fingerprint density at radius 1 is 1.21 bits per heavy atom. The molecule has 0 spiro atoms. The summed E-state index contributed by atoms with van der Waals surface area (Å²) in [5.74, 6) is -0.168. The summed E-state index contributed by atoms with van der Waals surface area (Å²) in [7, 11) is 0. The number of benzene rings is 2. The molecular formula is C21H19N3O4. The van der Waals surface area contributed by atoms with Crippen LogP contribution < -0.4 is 5.32 Å². The first kappa shape index (κ1) is 17.9. The van der Waals surface area contributed by atoms with Crippen molar-refractivity contribution in [3.63, 3.8) is 0 Å². The number of nitrogens with zero attached hydrogens (tertiary/aromatic N) is 2. The summed E-state index contributed by atoms with van der Waals surface area (Å²) in [5, 5.41) is 16.1. The number of nitrogens with one attached hydrogen (secondary N) is 1. The van der Waals surface area contributed by atoms with Crippen molar-refractivity contribution in [1.29, 1.82) is 0 Å². The van der Waals surface area contributed by atoms with Crippen LogP contribution in [0.25, 0.3) is 11.4 Å². The van der Waals surface area contributed by atoms with E-state index in [9.17, 15) is 9.59 Å². The van der Waals surface area contributed by atoms with Crippen LogP contribution in [-0.2, 0) is 12.8 Å². The molecule has 1 heterocycles. The topological polar surface area (TPSA) is 105 Å². The normalized spacial score (nSPS) is 15.2. The number of aromatic nitrogens is 2. The molecule has 1 aromatic heterocycles. The predicted octanol–water partition coefficient (Wildman–Crippen LogP) is 3.41. The second-order valence-corrected chi connectivity index (χ2v) is 6.73. The number of fused-ring (bicyclic) bond motifs is 1. The third-order valence-electron chi connectivity index (χ3n) is 4.93. The second-order valence-electron chi connectivity index (χ2n) is 6.73. The molecule has 1 amide bonds. The van der Waals surface area contributed by atoms with Gasteiger partial charge in [-0.05, 0) is 48.2 Å². The smallest absolute Gasteiger partial charge is 0.335 e. The quantitative estimate of drug-likeness (QED) is 0.706. The molecule has 7 heteroatoms. The van der Waals surface area contributed by atoms with E-state index in [-0.39, 0.29) is 17.5 Å². The molecule has 142 valence electrons. The number of carboxylic acid groups (broad SMARTS) is 1. The Kier molecular flexibility index (Phi) is 4.65. The van der Waals surface area contributed by atoms with Crippen LogP contribution in [0.5, 0.6) is 0 Å². The van der Waals surface area contributed by atoms with Crippen LogP contribution in [0.3, 0.4) is 0 Å². The molecule has 4 rings (SSSR count). The fraction of sp³-hybridized carbons (Fsp3) is 0.238. The Labute approximate surface area is 161 Å². The maximum absolute atomic E-state index is 12.6. The Balaban J connectivity index is 1.52. The molecule has 2 aromatic carbocycles. The van der Waals surface area contributed by atoms with Gasteiger partial charge in [-0.2, -0.15) is 4.98 Å². The molecule has 2 N–H and O–H groups in total. The van der Waals surface area contributed by atoms with Crippen LogP contribution in [0.2, 0.25) is 0 Å². The molecule has 0 saturated carbocycles. The maximum Gasteiger partial charge on any atom is 0.335 e. The summed E-state index contributed by atoms with van der Waals surface area (Å²) < 4.78 is 5.18. The highest BCUT2D eigenvalue weighted by molar-refractivity contribution is 5.97. The third kappa shape index (κ3) is 3.38. The Hall–Kier alpha value is -3.48. The minimum atomic E-state index is -1.05. The van der Waals surface area contributed by atoms with Gasteiger partial charge in [-0.1, -0.05) is 30.3 Å². The van der Waals surface area contributed by atoms with Crippen LogP contribution in [0.1, 0.15) is 57.1 Å². The number of carbonyl (C=O) groups excluding carboxylic acids is 1. The first-order valence-electron chi connectivity index (χ1n) is 9.15. The summed E-state index contributed by atoms with van der Waals surface area (Å²) in [4.78, 5) is 28.0. The predicted molar refractivity (Wildman–Crippen MR) is 101 cm³/mol. The zero-order valence-electron chi connectivity index (χ0n) is 15.3. The van der Waals surface area contributed by atoms with Gasteiger partial charge in [0.15, 0.2) is 0 Å². The van der Waals surface area contributed by atoms with E-state index in [1.54, 1.807) is 12.1 Å².